The van der Waals surface area contributed by atoms with Gasteiger partial charge < -0.3 is 30.7 Å². The van der Waals surface area contributed by atoms with Gasteiger partial charge in [-0.2, -0.15) is 0 Å². The van der Waals surface area contributed by atoms with Crippen molar-refractivity contribution >= 4 is 58.6 Å². The second kappa shape index (κ2) is 18.4. The summed E-state index contributed by atoms with van der Waals surface area (Å²) in [5, 5.41) is 11.0. The van der Waals surface area contributed by atoms with Gasteiger partial charge in [0, 0.05) is 12.8 Å². The number of amides is 4. The maximum absolute atomic E-state index is 13.5. The molecule has 0 bridgehead atoms. The average molecular weight is 784 g/mol. The molecule has 0 aliphatic heterocycles. The van der Waals surface area contributed by atoms with Gasteiger partial charge in [0.25, 0.3) is 0 Å². The fraction of sp³-hybridized carbons (Fsp3) is 0.476. The number of benzene rings is 3. The molecule has 2 atom stereocenters. The Balaban J connectivity index is 1.79. The summed E-state index contributed by atoms with van der Waals surface area (Å²) in [6, 6.07) is 17.8. The first-order valence-corrected chi connectivity index (χ1v) is 18.8. The van der Waals surface area contributed by atoms with Gasteiger partial charge in [0.15, 0.2) is 0 Å². The third kappa shape index (κ3) is 15.6. The lowest BCUT2D eigenvalue weighted by atomic mass is 9.83. The number of nitrogens with one attached hydrogen (secondary N) is 4. The Labute approximate surface area is 330 Å². The number of anilines is 2. The number of esters is 2. The summed E-state index contributed by atoms with van der Waals surface area (Å²) in [6.45, 7) is 19.7. The van der Waals surface area contributed by atoms with Crippen molar-refractivity contribution in [3.63, 3.8) is 0 Å². The van der Waals surface area contributed by atoms with Crippen molar-refractivity contribution in [2.75, 3.05) is 10.6 Å². The lowest BCUT2D eigenvalue weighted by Gasteiger charge is -2.33. The molecule has 4 amide bonds. The normalized spacial score (nSPS) is 13.3. The van der Waals surface area contributed by atoms with Crippen LogP contribution in [0.2, 0.25) is 10.0 Å². The van der Waals surface area contributed by atoms with Crippen LogP contribution in [0.25, 0.3) is 0 Å². The smallest absolute Gasteiger partial charge is 0.329 e. The Bertz CT molecular complexity index is 1630. The fourth-order valence-corrected chi connectivity index (χ4v) is 7.25. The van der Waals surface area contributed by atoms with E-state index < -0.39 is 47.3 Å². The van der Waals surface area contributed by atoms with E-state index in [0.717, 1.165) is 11.1 Å². The molecule has 0 spiro atoms. The van der Waals surface area contributed by atoms with E-state index in [9.17, 15) is 19.2 Å². The van der Waals surface area contributed by atoms with Gasteiger partial charge in [-0.05, 0) is 74.6 Å². The molecular weight excluding hydrogens is 727 g/mol. The van der Waals surface area contributed by atoms with Gasteiger partial charge >= 0.3 is 24.0 Å². The van der Waals surface area contributed by atoms with Crippen molar-refractivity contribution in [2.24, 2.45) is 10.8 Å². The molecule has 54 heavy (non-hydrogen) atoms. The fourth-order valence-electron chi connectivity index (χ4n) is 6.77. The van der Waals surface area contributed by atoms with Crippen LogP contribution in [0.15, 0.2) is 72.8 Å². The van der Waals surface area contributed by atoms with Gasteiger partial charge in [0.1, 0.15) is 23.3 Å². The van der Waals surface area contributed by atoms with Gasteiger partial charge in [-0.15, -0.1) is 0 Å². The van der Waals surface area contributed by atoms with Crippen LogP contribution in [0.4, 0.5) is 21.0 Å². The van der Waals surface area contributed by atoms with Crippen molar-refractivity contribution in [3.8, 4) is 0 Å². The predicted octanol–water partition coefficient (Wildman–Crippen LogP) is 9.97. The zero-order chi connectivity index (χ0) is 40.5. The zero-order valence-electron chi connectivity index (χ0n) is 33.1. The Morgan fingerprint density at radius 1 is 0.556 bits per heavy atom. The molecule has 3 aromatic carbocycles. The van der Waals surface area contributed by atoms with E-state index in [0.29, 0.717) is 12.8 Å². The van der Waals surface area contributed by atoms with E-state index in [2.05, 4.69) is 62.8 Å². The van der Waals surface area contributed by atoms with Crippen molar-refractivity contribution in [1.29, 1.82) is 0 Å². The first kappa shape index (κ1) is 44.1. The second-order valence-electron chi connectivity index (χ2n) is 17.3. The standard InChI is InChI=1S/C42H56Cl2N4O6/c1-39(2,3)25-41(7,8)53-35(49)33(21-27-17-13-11-14-18-27)47-37(51)45-31-24-32(30(44)23-29(31)43)46-38(52)48-34(22-28-19-15-12-16-20-28)36(50)54-42(9,10)26-40(4,5)6/h11-20,23-24,33-34H,21-22,25-26H2,1-10H3,(H2,45,47,51)(H2,46,48,52)/t33-,34-/m0/s1. The summed E-state index contributed by atoms with van der Waals surface area (Å²) in [4.78, 5) is 53.8. The van der Waals surface area contributed by atoms with E-state index in [1.807, 2.05) is 88.4 Å². The molecule has 0 aromatic heterocycles. The Hall–Kier alpha value is -4.28. The Kier molecular flexibility index (Phi) is 15.0. The van der Waals surface area contributed by atoms with Crippen LogP contribution in [0.1, 0.15) is 93.2 Å². The third-order valence-corrected chi connectivity index (χ3v) is 8.59. The summed E-state index contributed by atoms with van der Waals surface area (Å²) in [6.07, 6.45) is 1.56. The van der Waals surface area contributed by atoms with Gasteiger partial charge in [0.2, 0.25) is 0 Å². The molecular formula is C42H56Cl2N4O6. The van der Waals surface area contributed by atoms with Crippen molar-refractivity contribution in [1.82, 2.24) is 10.6 Å². The minimum Gasteiger partial charge on any atom is -0.458 e. The van der Waals surface area contributed by atoms with Gasteiger partial charge in [-0.3, -0.25) is 0 Å². The van der Waals surface area contributed by atoms with E-state index in [4.69, 9.17) is 32.7 Å². The van der Waals surface area contributed by atoms with Crippen LogP contribution in [-0.2, 0) is 31.9 Å². The van der Waals surface area contributed by atoms with Crippen LogP contribution >= 0.6 is 23.2 Å². The summed E-state index contributed by atoms with van der Waals surface area (Å²) in [5.41, 5.74) is 0.0747. The third-order valence-electron chi connectivity index (χ3n) is 7.96. The monoisotopic (exact) mass is 782 g/mol. The summed E-state index contributed by atoms with van der Waals surface area (Å²) < 4.78 is 11.8. The molecule has 0 saturated carbocycles. The molecule has 0 aliphatic carbocycles. The van der Waals surface area contributed by atoms with Crippen LogP contribution in [0, 0.1) is 10.8 Å². The van der Waals surface area contributed by atoms with E-state index >= 15 is 0 Å². The molecule has 294 valence electrons. The van der Waals surface area contributed by atoms with E-state index in [-0.39, 0.29) is 45.1 Å². The maximum Gasteiger partial charge on any atom is 0.329 e. The van der Waals surface area contributed by atoms with E-state index in [1.165, 1.54) is 12.1 Å². The lowest BCUT2D eigenvalue weighted by Crippen LogP contribution is -2.48. The minimum atomic E-state index is -1.03. The molecule has 4 N–H and O–H groups in total. The number of carbonyl (C=O) groups is 4. The highest BCUT2D eigenvalue weighted by Gasteiger charge is 2.34. The van der Waals surface area contributed by atoms with Gasteiger partial charge in [0.05, 0.1) is 21.4 Å². The SMILES string of the molecule is CC(C)(C)CC(C)(C)OC(=O)[C@H](Cc1ccccc1)NC(=O)Nc1cc(NC(=O)N[C@@H](Cc2ccccc2)C(=O)OC(C)(C)CC(C)(C)C)c(Cl)cc1Cl. The first-order chi connectivity index (χ1) is 24.9. The molecule has 0 radical (unpaired) electrons. The van der Waals surface area contributed by atoms with E-state index in [1.54, 1.807) is 0 Å². The van der Waals surface area contributed by atoms with Crippen molar-refractivity contribution in [3.05, 3.63) is 94.0 Å². The molecule has 0 unspecified atom stereocenters. The average Bonchev–Trinajstić information content (AvgIpc) is 3.01. The molecule has 0 heterocycles. The topological polar surface area (TPSA) is 135 Å². The van der Waals surface area contributed by atoms with Crippen LogP contribution < -0.4 is 21.3 Å². The highest BCUT2D eigenvalue weighted by molar-refractivity contribution is 6.38. The van der Waals surface area contributed by atoms with Gasteiger partial charge in [-0.25, -0.2) is 19.2 Å². The molecule has 0 fully saturated rings. The number of ether oxygens (including phenoxy) is 2. The Morgan fingerprint density at radius 3 is 1.20 bits per heavy atom. The molecule has 3 aromatic rings. The molecule has 10 nitrogen and oxygen atoms in total. The lowest BCUT2D eigenvalue weighted by molar-refractivity contribution is -0.162. The van der Waals surface area contributed by atoms with Crippen molar-refractivity contribution in [2.45, 2.75) is 118 Å². The largest absolute Gasteiger partial charge is 0.458 e. The first-order valence-electron chi connectivity index (χ1n) is 18.1. The molecule has 3 rings (SSSR count). The number of halogens is 2. The number of urea groups is 2. The number of carbonyl (C=O) groups excluding carboxylic acids is 4. The van der Waals surface area contributed by atoms with Crippen molar-refractivity contribution < 1.29 is 28.7 Å². The summed E-state index contributed by atoms with van der Waals surface area (Å²) >= 11 is 12.9. The highest BCUT2D eigenvalue weighted by atomic mass is 35.5. The number of hydrogen-bond donors (Lipinski definition) is 4. The highest BCUT2D eigenvalue weighted by Crippen LogP contribution is 2.34. The Morgan fingerprint density at radius 2 is 0.889 bits per heavy atom. The summed E-state index contributed by atoms with van der Waals surface area (Å²) in [5.74, 6) is -1.18. The van der Waals surface area contributed by atoms with Crippen LogP contribution in [0.5, 0.6) is 0 Å². The van der Waals surface area contributed by atoms with Crippen LogP contribution in [-0.4, -0.2) is 47.3 Å². The minimum absolute atomic E-state index is 0.0845. The second-order valence-corrected chi connectivity index (χ2v) is 18.1. The summed E-state index contributed by atoms with van der Waals surface area (Å²) in [7, 11) is 0. The number of hydrogen-bond acceptors (Lipinski definition) is 6. The molecule has 0 aliphatic rings. The number of rotatable bonds is 14. The zero-order valence-corrected chi connectivity index (χ0v) is 34.6. The predicted molar refractivity (Wildman–Crippen MR) is 217 cm³/mol. The molecule has 0 saturated heterocycles. The maximum atomic E-state index is 13.5. The van der Waals surface area contributed by atoms with Gasteiger partial charge in [-0.1, -0.05) is 125 Å². The quantitative estimate of drug-likeness (QED) is 0.120. The molecule has 12 heteroatoms. The van der Waals surface area contributed by atoms with Crippen LogP contribution in [0.3, 0.4) is 0 Å².